The van der Waals surface area contributed by atoms with E-state index in [1.165, 1.54) is 24.3 Å². The molecule has 0 aliphatic carbocycles. The van der Waals surface area contributed by atoms with Crippen LogP contribution in [0.1, 0.15) is 33.3 Å². The van der Waals surface area contributed by atoms with Crippen molar-refractivity contribution in [1.82, 2.24) is 10.2 Å². The topological polar surface area (TPSA) is 66.5 Å². The second-order valence-corrected chi connectivity index (χ2v) is 6.63. The van der Waals surface area contributed by atoms with Crippen LogP contribution in [0.5, 0.6) is 0 Å². The fraction of sp³-hybridized carbons (Fsp3) is 0.438. The van der Waals surface area contributed by atoms with Gasteiger partial charge in [-0.1, -0.05) is 32.9 Å². The normalized spacial score (nSPS) is 22.0. The summed E-state index contributed by atoms with van der Waals surface area (Å²) < 4.78 is 13.0. The fourth-order valence-electron chi connectivity index (χ4n) is 2.20. The second kappa shape index (κ2) is 5.19. The first kappa shape index (κ1) is 16.1. The Kier molecular flexibility index (Phi) is 3.81. The molecule has 5 nitrogen and oxygen atoms in total. The van der Waals surface area contributed by atoms with Crippen molar-refractivity contribution in [3.05, 3.63) is 35.6 Å². The van der Waals surface area contributed by atoms with Gasteiger partial charge < -0.3 is 5.32 Å². The van der Waals surface area contributed by atoms with Crippen molar-refractivity contribution in [3.8, 4) is 0 Å². The first-order chi connectivity index (χ1) is 10.1. The third-order valence-corrected chi connectivity index (χ3v) is 3.83. The van der Waals surface area contributed by atoms with Gasteiger partial charge in [0.25, 0.3) is 5.91 Å². The zero-order valence-electron chi connectivity index (χ0n) is 13.1. The molecule has 1 aromatic carbocycles. The summed E-state index contributed by atoms with van der Waals surface area (Å²) in [7, 11) is 0. The molecule has 2 rings (SSSR count). The molecule has 1 heterocycles. The van der Waals surface area contributed by atoms with Gasteiger partial charge in [0.2, 0.25) is 0 Å². The Morgan fingerprint density at radius 2 is 1.77 bits per heavy atom. The number of Topliss-reactive ketones (excluding diaryl/α,β-unsaturated/α-hetero) is 1. The number of halogens is 1. The summed E-state index contributed by atoms with van der Waals surface area (Å²) in [4.78, 5) is 37.6. The van der Waals surface area contributed by atoms with Crippen molar-refractivity contribution >= 4 is 17.7 Å². The van der Waals surface area contributed by atoms with Gasteiger partial charge in [-0.25, -0.2) is 9.18 Å². The van der Waals surface area contributed by atoms with Crippen LogP contribution in [0.3, 0.4) is 0 Å². The number of urea groups is 1. The van der Waals surface area contributed by atoms with Gasteiger partial charge in [-0.3, -0.25) is 14.5 Å². The second-order valence-electron chi connectivity index (χ2n) is 6.63. The van der Waals surface area contributed by atoms with E-state index in [-0.39, 0.29) is 12.3 Å². The average Bonchev–Trinajstić information content (AvgIpc) is 2.63. The molecule has 0 aromatic heterocycles. The number of amides is 3. The molecule has 1 fully saturated rings. The lowest BCUT2D eigenvalue weighted by atomic mass is 9.89. The number of carbonyl (C=O) groups is 3. The molecule has 22 heavy (non-hydrogen) atoms. The van der Waals surface area contributed by atoms with E-state index in [1.54, 1.807) is 27.7 Å². The standard InChI is InChI=1S/C16H19FN2O3/c1-15(2,3)12(20)9-19-13(21)16(4,18-14(19)22)10-5-7-11(17)8-6-10/h5-8H,9H2,1-4H3,(H,18,22). The van der Waals surface area contributed by atoms with E-state index in [2.05, 4.69) is 5.32 Å². The molecule has 1 aliphatic rings. The Labute approximate surface area is 128 Å². The van der Waals surface area contributed by atoms with Crippen molar-refractivity contribution < 1.29 is 18.8 Å². The number of hydrogen-bond acceptors (Lipinski definition) is 3. The predicted octanol–water partition coefficient (Wildman–Crippen LogP) is 2.21. The Morgan fingerprint density at radius 3 is 2.27 bits per heavy atom. The number of carbonyl (C=O) groups excluding carboxylic acids is 3. The minimum Gasteiger partial charge on any atom is -0.319 e. The van der Waals surface area contributed by atoms with Crippen LogP contribution >= 0.6 is 0 Å². The van der Waals surface area contributed by atoms with E-state index >= 15 is 0 Å². The number of hydrogen-bond donors (Lipinski definition) is 1. The predicted molar refractivity (Wildman–Crippen MR) is 78.5 cm³/mol. The molecule has 0 spiro atoms. The smallest absolute Gasteiger partial charge is 0.319 e. The van der Waals surface area contributed by atoms with Crippen LogP contribution in [-0.4, -0.2) is 29.2 Å². The van der Waals surface area contributed by atoms with Gasteiger partial charge in [-0.05, 0) is 24.6 Å². The summed E-state index contributed by atoms with van der Waals surface area (Å²) in [5.74, 6) is -1.15. The first-order valence-electron chi connectivity index (χ1n) is 6.99. The van der Waals surface area contributed by atoms with Crippen molar-refractivity contribution in [2.24, 2.45) is 5.41 Å². The van der Waals surface area contributed by atoms with Crippen LogP contribution in [0.2, 0.25) is 0 Å². The summed E-state index contributed by atoms with van der Waals surface area (Å²) in [6.45, 7) is 6.46. The Bertz CT molecular complexity index is 634. The van der Waals surface area contributed by atoms with Gasteiger partial charge >= 0.3 is 6.03 Å². The van der Waals surface area contributed by atoms with Crippen molar-refractivity contribution in [3.63, 3.8) is 0 Å². The quantitative estimate of drug-likeness (QED) is 0.871. The number of ketones is 1. The SMILES string of the molecule is CC(C)(C)C(=O)CN1C(=O)NC(C)(c2ccc(F)cc2)C1=O. The summed E-state index contributed by atoms with van der Waals surface area (Å²) >= 11 is 0. The Balaban J connectivity index is 2.28. The van der Waals surface area contributed by atoms with Crippen LogP contribution in [0.25, 0.3) is 0 Å². The van der Waals surface area contributed by atoms with Gasteiger partial charge in [0.05, 0.1) is 6.54 Å². The van der Waals surface area contributed by atoms with Crippen molar-refractivity contribution in [1.29, 1.82) is 0 Å². The minimum atomic E-state index is -1.29. The lowest BCUT2D eigenvalue weighted by Crippen LogP contribution is -2.42. The van der Waals surface area contributed by atoms with Crippen molar-refractivity contribution in [2.45, 2.75) is 33.2 Å². The highest BCUT2D eigenvalue weighted by molar-refractivity contribution is 6.09. The zero-order valence-corrected chi connectivity index (χ0v) is 13.1. The molecule has 0 radical (unpaired) electrons. The van der Waals surface area contributed by atoms with Gasteiger partial charge in [0.1, 0.15) is 11.4 Å². The molecule has 0 bridgehead atoms. The van der Waals surface area contributed by atoms with Crippen LogP contribution in [0.15, 0.2) is 24.3 Å². The lowest BCUT2D eigenvalue weighted by Gasteiger charge is -2.23. The molecular weight excluding hydrogens is 287 g/mol. The van der Waals surface area contributed by atoms with E-state index < -0.39 is 28.7 Å². The largest absolute Gasteiger partial charge is 0.325 e. The van der Waals surface area contributed by atoms with Crippen molar-refractivity contribution in [2.75, 3.05) is 6.54 Å². The third-order valence-electron chi connectivity index (χ3n) is 3.83. The molecule has 1 atom stereocenters. The van der Waals surface area contributed by atoms with Gasteiger partial charge in [0.15, 0.2) is 5.78 Å². The minimum absolute atomic E-state index is 0.209. The fourth-order valence-corrected chi connectivity index (χ4v) is 2.20. The highest BCUT2D eigenvalue weighted by atomic mass is 19.1. The average molecular weight is 306 g/mol. The van der Waals surface area contributed by atoms with Gasteiger partial charge in [-0.15, -0.1) is 0 Å². The third kappa shape index (κ3) is 2.73. The molecule has 1 saturated heterocycles. The van der Waals surface area contributed by atoms with E-state index in [0.29, 0.717) is 5.56 Å². The molecule has 1 N–H and O–H groups in total. The molecule has 118 valence electrons. The number of imide groups is 1. The van der Waals surface area contributed by atoms with E-state index in [9.17, 15) is 18.8 Å². The van der Waals surface area contributed by atoms with Crippen LogP contribution < -0.4 is 5.32 Å². The summed E-state index contributed by atoms with van der Waals surface area (Å²) in [5.41, 5.74) is -1.46. The summed E-state index contributed by atoms with van der Waals surface area (Å²) in [5, 5.41) is 2.59. The Hall–Kier alpha value is -2.24. The number of nitrogens with one attached hydrogen (secondary N) is 1. The van der Waals surface area contributed by atoms with Crippen LogP contribution in [-0.2, 0) is 15.1 Å². The maximum Gasteiger partial charge on any atom is 0.325 e. The molecule has 1 unspecified atom stereocenters. The maximum absolute atomic E-state index is 13.0. The maximum atomic E-state index is 13.0. The molecule has 0 saturated carbocycles. The summed E-state index contributed by atoms with van der Waals surface area (Å²) in [6, 6.07) is 4.73. The molecule has 1 aliphatic heterocycles. The summed E-state index contributed by atoms with van der Waals surface area (Å²) in [6.07, 6.45) is 0. The van der Waals surface area contributed by atoms with E-state index in [4.69, 9.17) is 0 Å². The lowest BCUT2D eigenvalue weighted by molar-refractivity contribution is -0.136. The number of rotatable bonds is 3. The van der Waals surface area contributed by atoms with Gasteiger partial charge in [0, 0.05) is 5.41 Å². The van der Waals surface area contributed by atoms with Gasteiger partial charge in [-0.2, -0.15) is 0 Å². The number of benzene rings is 1. The van der Waals surface area contributed by atoms with Crippen LogP contribution in [0.4, 0.5) is 9.18 Å². The Morgan fingerprint density at radius 1 is 1.23 bits per heavy atom. The highest BCUT2D eigenvalue weighted by Gasteiger charge is 2.49. The molecule has 3 amide bonds. The van der Waals surface area contributed by atoms with E-state index in [1.807, 2.05) is 0 Å². The molecule has 6 heteroatoms. The monoisotopic (exact) mass is 306 g/mol. The first-order valence-corrected chi connectivity index (χ1v) is 6.99. The molecular formula is C16H19FN2O3. The molecule has 1 aromatic rings. The highest BCUT2D eigenvalue weighted by Crippen LogP contribution is 2.29. The van der Waals surface area contributed by atoms with Crippen LogP contribution in [0, 0.1) is 11.2 Å². The zero-order chi connectivity index (χ0) is 16.7. The van der Waals surface area contributed by atoms with E-state index in [0.717, 1.165) is 4.90 Å². The number of nitrogens with zero attached hydrogens (tertiary/aromatic N) is 1.